The summed E-state index contributed by atoms with van der Waals surface area (Å²) in [5, 5.41) is 23.9. The predicted molar refractivity (Wildman–Crippen MR) is 103 cm³/mol. The molecule has 0 fully saturated rings. The van der Waals surface area contributed by atoms with Crippen LogP contribution in [0.5, 0.6) is 0 Å². The van der Waals surface area contributed by atoms with Gasteiger partial charge < -0.3 is 37.3 Å². The van der Waals surface area contributed by atoms with Crippen molar-refractivity contribution < 1.29 is 37.5 Å². The van der Waals surface area contributed by atoms with Crippen LogP contribution in [-0.4, -0.2) is 65.9 Å². The molecule has 31 heavy (non-hydrogen) atoms. The van der Waals surface area contributed by atoms with Gasteiger partial charge in [-0.1, -0.05) is 5.16 Å². The molecule has 0 bridgehead atoms. The Morgan fingerprint density at radius 1 is 1.16 bits per heavy atom. The number of hydrogen-bond acceptors (Lipinski definition) is 10. The summed E-state index contributed by atoms with van der Waals surface area (Å²) in [7, 11) is -4.47. The lowest BCUT2D eigenvalue weighted by atomic mass is 10.1. The highest BCUT2D eigenvalue weighted by atomic mass is 32.2. The van der Waals surface area contributed by atoms with Gasteiger partial charge in [0.2, 0.25) is 11.8 Å². The van der Waals surface area contributed by atoms with E-state index in [0.29, 0.717) is 12.8 Å². The molecular weight excluding hydrogens is 440 g/mol. The number of carbonyl (C=O) groups is 3. The molecule has 1 aromatic heterocycles. The van der Waals surface area contributed by atoms with Crippen molar-refractivity contribution in [2.24, 2.45) is 17.2 Å². The summed E-state index contributed by atoms with van der Waals surface area (Å²) in [5.74, 6) is -2.51. The molecule has 0 spiro atoms. The van der Waals surface area contributed by atoms with E-state index < -0.39 is 52.8 Å². The lowest BCUT2D eigenvalue weighted by molar-refractivity contribution is -0.139. The van der Waals surface area contributed by atoms with E-state index in [9.17, 15) is 22.8 Å². The van der Waals surface area contributed by atoms with E-state index >= 15 is 0 Å². The number of nitrogens with two attached hydrogens (primary N) is 3. The monoisotopic (exact) mass is 466 g/mol. The second-order valence-corrected chi connectivity index (χ2v) is 7.88. The third-order valence-corrected chi connectivity index (χ3v) is 5.02. The van der Waals surface area contributed by atoms with Crippen LogP contribution in [0, 0.1) is 0 Å². The Hall–Kier alpha value is -2.86. The molecule has 17 heteroatoms. The molecule has 11 N–H and O–H groups in total. The van der Waals surface area contributed by atoms with Crippen molar-refractivity contribution in [1.29, 1.82) is 0 Å². The standard InChI is InChI=1S/C14H26N8O8S/c15-7(2-1-5-18-14(17)27)11-19-12(30-20-11)8(3-4-10(16)24)21-31(28,29)22-9(6-23)13(25)26/h7-9,21-23H,1-6,15H2,(H2,16,24)(H,25,26)(H3,17,18,27)/t7-,8-,9-/m0/s1. The molecule has 3 atom stereocenters. The Kier molecular flexibility index (Phi) is 10.2. The Labute approximate surface area is 177 Å². The van der Waals surface area contributed by atoms with Gasteiger partial charge in [0.1, 0.15) is 12.1 Å². The number of amides is 3. The molecule has 1 rings (SSSR count). The van der Waals surface area contributed by atoms with Gasteiger partial charge in [-0.05, 0) is 19.3 Å². The van der Waals surface area contributed by atoms with Gasteiger partial charge in [-0.25, -0.2) is 4.79 Å². The van der Waals surface area contributed by atoms with E-state index in [0.717, 1.165) is 0 Å². The van der Waals surface area contributed by atoms with Crippen molar-refractivity contribution in [3.63, 3.8) is 0 Å². The highest BCUT2D eigenvalue weighted by Crippen LogP contribution is 2.20. The van der Waals surface area contributed by atoms with Gasteiger partial charge in [0, 0.05) is 13.0 Å². The molecule has 16 nitrogen and oxygen atoms in total. The van der Waals surface area contributed by atoms with Gasteiger partial charge in [-0.2, -0.15) is 22.8 Å². The number of carboxylic acid groups (broad SMARTS) is 1. The first-order valence-corrected chi connectivity index (χ1v) is 10.5. The van der Waals surface area contributed by atoms with E-state index in [2.05, 4.69) is 20.2 Å². The fourth-order valence-electron chi connectivity index (χ4n) is 2.30. The van der Waals surface area contributed by atoms with Crippen LogP contribution in [0.3, 0.4) is 0 Å². The van der Waals surface area contributed by atoms with Gasteiger partial charge >= 0.3 is 12.0 Å². The van der Waals surface area contributed by atoms with Crippen molar-refractivity contribution in [3.8, 4) is 0 Å². The Bertz CT molecular complexity index is 860. The molecule has 1 aromatic rings. The number of primary amides is 2. The van der Waals surface area contributed by atoms with Gasteiger partial charge in [0.15, 0.2) is 5.82 Å². The zero-order valence-corrected chi connectivity index (χ0v) is 17.2. The second kappa shape index (κ2) is 12.1. The first-order chi connectivity index (χ1) is 14.4. The third-order valence-electron chi connectivity index (χ3n) is 3.83. The summed E-state index contributed by atoms with van der Waals surface area (Å²) >= 11 is 0. The molecule has 0 aromatic carbocycles. The topological polar surface area (TPSA) is 279 Å². The van der Waals surface area contributed by atoms with E-state index in [1.807, 2.05) is 0 Å². The number of aliphatic hydroxyl groups excluding tert-OH is 1. The van der Waals surface area contributed by atoms with Crippen LogP contribution >= 0.6 is 0 Å². The van der Waals surface area contributed by atoms with Crippen LogP contribution in [-0.2, 0) is 19.8 Å². The van der Waals surface area contributed by atoms with E-state index in [1.165, 1.54) is 0 Å². The molecule has 0 aliphatic rings. The molecule has 0 saturated heterocycles. The minimum atomic E-state index is -4.47. The number of urea groups is 1. The van der Waals surface area contributed by atoms with Crippen LogP contribution in [0.25, 0.3) is 0 Å². The second-order valence-electron chi connectivity index (χ2n) is 6.40. The molecule has 176 valence electrons. The van der Waals surface area contributed by atoms with E-state index in [1.54, 1.807) is 4.72 Å². The van der Waals surface area contributed by atoms with E-state index in [4.69, 9.17) is 31.9 Å². The van der Waals surface area contributed by atoms with Gasteiger partial charge in [-0.15, -0.1) is 0 Å². The number of rotatable bonds is 15. The number of nitrogens with one attached hydrogen (secondary N) is 3. The molecule has 1 heterocycles. The van der Waals surface area contributed by atoms with Crippen LogP contribution in [0.2, 0.25) is 0 Å². The van der Waals surface area contributed by atoms with Crippen molar-refractivity contribution in [2.75, 3.05) is 13.2 Å². The lowest BCUT2D eigenvalue weighted by Crippen LogP contribution is -2.49. The number of hydrogen-bond donors (Lipinski definition) is 8. The van der Waals surface area contributed by atoms with Gasteiger partial charge in [0.25, 0.3) is 10.2 Å². The van der Waals surface area contributed by atoms with Crippen LogP contribution in [0.1, 0.15) is 49.5 Å². The first kappa shape index (κ1) is 26.2. The normalized spacial score (nSPS) is 14.5. The summed E-state index contributed by atoms with van der Waals surface area (Å²) < 4.78 is 33.3. The number of carbonyl (C=O) groups excluding carboxylic acids is 2. The molecule has 0 radical (unpaired) electrons. The van der Waals surface area contributed by atoms with Crippen LogP contribution in [0.4, 0.5) is 4.79 Å². The minimum Gasteiger partial charge on any atom is -0.480 e. The molecule has 3 amide bonds. The number of carboxylic acids is 1. The van der Waals surface area contributed by atoms with E-state index in [-0.39, 0.29) is 31.1 Å². The number of aliphatic carboxylic acids is 1. The maximum Gasteiger partial charge on any atom is 0.324 e. The summed E-state index contributed by atoms with van der Waals surface area (Å²) in [6, 6.07) is -4.41. The first-order valence-electron chi connectivity index (χ1n) is 8.99. The number of aromatic nitrogens is 2. The fraction of sp³-hybridized carbons (Fsp3) is 0.643. The summed E-state index contributed by atoms with van der Waals surface area (Å²) in [6.45, 7) is -0.720. The van der Waals surface area contributed by atoms with Crippen LogP contribution in [0.15, 0.2) is 4.52 Å². The van der Waals surface area contributed by atoms with Crippen LogP contribution < -0.4 is 32.0 Å². The Morgan fingerprint density at radius 3 is 2.39 bits per heavy atom. The lowest BCUT2D eigenvalue weighted by Gasteiger charge is -2.17. The average Bonchev–Trinajstić information content (AvgIpc) is 3.16. The minimum absolute atomic E-state index is 0.0454. The maximum absolute atomic E-state index is 12.2. The van der Waals surface area contributed by atoms with Gasteiger partial charge in [-0.3, -0.25) is 9.59 Å². The smallest absolute Gasteiger partial charge is 0.324 e. The SMILES string of the molecule is NC(=O)CC[C@H](NS(=O)(=O)N[C@@H](CO)C(=O)O)c1nc([C@@H](N)CCCNC(N)=O)no1. The molecule has 0 aliphatic carbocycles. The average molecular weight is 466 g/mol. The summed E-state index contributed by atoms with van der Waals surface area (Å²) in [6.07, 6.45) is 0.368. The molecule has 0 saturated carbocycles. The van der Waals surface area contributed by atoms with Crippen molar-refractivity contribution in [2.45, 2.75) is 43.8 Å². The fourth-order valence-corrected chi connectivity index (χ4v) is 3.51. The highest BCUT2D eigenvalue weighted by Gasteiger charge is 2.29. The molecular formula is C14H26N8O8S. The van der Waals surface area contributed by atoms with Crippen molar-refractivity contribution >= 4 is 28.1 Å². The predicted octanol–water partition coefficient (Wildman–Crippen LogP) is -3.31. The van der Waals surface area contributed by atoms with Crippen molar-refractivity contribution in [1.82, 2.24) is 24.9 Å². The van der Waals surface area contributed by atoms with Gasteiger partial charge in [0.05, 0.1) is 12.6 Å². The summed E-state index contributed by atoms with van der Waals surface area (Å²) in [4.78, 5) is 36.7. The van der Waals surface area contributed by atoms with Crippen molar-refractivity contribution in [3.05, 3.63) is 11.7 Å². The third kappa shape index (κ3) is 9.66. The zero-order chi connectivity index (χ0) is 23.6. The molecule has 0 unspecified atom stereocenters. The maximum atomic E-state index is 12.2. The summed E-state index contributed by atoms with van der Waals surface area (Å²) in [5.41, 5.74) is 16.0. The Morgan fingerprint density at radius 2 is 1.84 bits per heavy atom. The zero-order valence-electron chi connectivity index (χ0n) is 16.4. The molecule has 0 aliphatic heterocycles. The quantitative estimate of drug-likeness (QED) is 0.118. The number of nitrogens with zero attached hydrogens (tertiary/aromatic N) is 2. The Balaban J connectivity index is 2.90. The number of aliphatic hydroxyl groups is 1. The highest BCUT2D eigenvalue weighted by molar-refractivity contribution is 7.87. The largest absolute Gasteiger partial charge is 0.480 e.